The van der Waals surface area contributed by atoms with Gasteiger partial charge in [0.15, 0.2) is 0 Å². The zero-order valence-corrected chi connectivity index (χ0v) is 13.9. The Balaban J connectivity index is 1.39. The number of piperidine rings is 1. The molecule has 3 rings (SSSR count). The summed E-state index contributed by atoms with van der Waals surface area (Å²) in [6.45, 7) is 7.92. The number of likely N-dealkylation sites (tertiary alicyclic amines) is 1. The maximum absolute atomic E-state index is 5.90. The fourth-order valence-electron chi connectivity index (χ4n) is 3.77. The number of benzene rings is 1. The molecule has 0 aromatic heterocycles. The normalized spacial score (nSPS) is 23.8. The molecular weight excluding hydrogens is 272 g/mol. The van der Waals surface area contributed by atoms with Crippen LogP contribution in [0.4, 0.5) is 0 Å². The molecule has 1 N–H and O–H groups in total. The highest BCUT2D eigenvalue weighted by molar-refractivity contribution is 5.29. The van der Waals surface area contributed by atoms with Gasteiger partial charge in [0.1, 0.15) is 5.75 Å². The van der Waals surface area contributed by atoms with Gasteiger partial charge in [-0.05, 0) is 82.3 Å². The lowest BCUT2D eigenvalue weighted by atomic mass is 9.90. The number of ether oxygens (including phenoxy) is 1. The molecule has 0 spiro atoms. The SMILES string of the molecule is C[C@@H]1CCCN1CCCOc1ccc(C2CCNCC2)cc1. The van der Waals surface area contributed by atoms with Crippen LogP contribution in [0.2, 0.25) is 0 Å². The van der Waals surface area contributed by atoms with Gasteiger partial charge in [0.2, 0.25) is 0 Å². The monoisotopic (exact) mass is 302 g/mol. The van der Waals surface area contributed by atoms with E-state index in [0.717, 1.165) is 43.8 Å². The van der Waals surface area contributed by atoms with Crippen molar-refractivity contribution in [2.45, 2.75) is 51.0 Å². The summed E-state index contributed by atoms with van der Waals surface area (Å²) in [5, 5.41) is 3.43. The Morgan fingerprint density at radius 1 is 1.14 bits per heavy atom. The largest absolute Gasteiger partial charge is 0.494 e. The summed E-state index contributed by atoms with van der Waals surface area (Å²) in [6, 6.07) is 9.58. The molecule has 2 aliphatic rings. The maximum atomic E-state index is 5.90. The van der Waals surface area contributed by atoms with Crippen LogP contribution in [0.25, 0.3) is 0 Å². The third kappa shape index (κ3) is 4.23. The van der Waals surface area contributed by atoms with E-state index in [1.165, 1.54) is 44.3 Å². The van der Waals surface area contributed by atoms with Crippen LogP contribution in [-0.2, 0) is 0 Å². The third-order valence-corrected chi connectivity index (χ3v) is 5.24. The van der Waals surface area contributed by atoms with Crippen molar-refractivity contribution in [3.05, 3.63) is 29.8 Å². The van der Waals surface area contributed by atoms with E-state index in [4.69, 9.17) is 4.74 Å². The quantitative estimate of drug-likeness (QED) is 0.815. The van der Waals surface area contributed by atoms with Crippen LogP contribution in [0.1, 0.15) is 50.5 Å². The molecule has 0 aliphatic carbocycles. The lowest BCUT2D eigenvalue weighted by Gasteiger charge is -2.23. The van der Waals surface area contributed by atoms with Crippen molar-refractivity contribution in [2.75, 3.05) is 32.8 Å². The van der Waals surface area contributed by atoms with Crippen LogP contribution in [0.5, 0.6) is 5.75 Å². The molecule has 122 valence electrons. The van der Waals surface area contributed by atoms with Gasteiger partial charge in [-0.2, -0.15) is 0 Å². The molecule has 2 heterocycles. The van der Waals surface area contributed by atoms with Gasteiger partial charge in [0.25, 0.3) is 0 Å². The van der Waals surface area contributed by atoms with Crippen LogP contribution < -0.4 is 10.1 Å². The van der Waals surface area contributed by atoms with Gasteiger partial charge in [0.05, 0.1) is 6.61 Å². The molecule has 2 saturated heterocycles. The first-order valence-corrected chi connectivity index (χ1v) is 9.00. The zero-order chi connectivity index (χ0) is 15.2. The summed E-state index contributed by atoms with van der Waals surface area (Å²) in [6.07, 6.45) is 6.36. The fraction of sp³-hybridized carbons (Fsp3) is 0.684. The topological polar surface area (TPSA) is 24.5 Å². The zero-order valence-electron chi connectivity index (χ0n) is 13.9. The molecule has 0 amide bonds. The number of hydrogen-bond acceptors (Lipinski definition) is 3. The molecule has 1 atom stereocenters. The Morgan fingerprint density at radius 3 is 2.59 bits per heavy atom. The maximum Gasteiger partial charge on any atom is 0.119 e. The summed E-state index contributed by atoms with van der Waals surface area (Å²) in [4.78, 5) is 2.59. The summed E-state index contributed by atoms with van der Waals surface area (Å²) < 4.78 is 5.90. The molecular formula is C19H30N2O. The molecule has 0 saturated carbocycles. The van der Waals surface area contributed by atoms with Crippen molar-refractivity contribution >= 4 is 0 Å². The lowest BCUT2D eigenvalue weighted by Crippen LogP contribution is -2.28. The Bertz CT molecular complexity index is 439. The Morgan fingerprint density at radius 2 is 1.91 bits per heavy atom. The summed E-state index contributed by atoms with van der Waals surface area (Å²) >= 11 is 0. The highest BCUT2D eigenvalue weighted by Crippen LogP contribution is 2.26. The second kappa shape index (κ2) is 7.98. The average molecular weight is 302 g/mol. The number of nitrogens with one attached hydrogen (secondary N) is 1. The second-order valence-electron chi connectivity index (χ2n) is 6.82. The van der Waals surface area contributed by atoms with Crippen LogP contribution in [0, 0.1) is 0 Å². The molecule has 0 bridgehead atoms. The molecule has 0 radical (unpaired) electrons. The number of nitrogens with zero attached hydrogens (tertiary/aromatic N) is 1. The predicted octanol–water partition coefficient (Wildman–Crippen LogP) is 3.41. The van der Waals surface area contributed by atoms with E-state index in [1.807, 2.05) is 0 Å². The van der Waals surface area contributed by atoms with Crippen LogP contribution in [0.3, 0.4) is 0 Å². The summed E-state index contributed by atoms with van der Waals surface area (Å²) in [5.41, 5.74) is 1.47. The highest BCUT2D eigenvalue weighted by Gasteiger charge is 2.19. The molecule has 3 nitrogen and oxygen atoms in total. The Hall–Kier alpha value is -1.06. The van der Waals surface area contributed by atoms with Crippen molar-refractivity contribution in [3.63, 3.8) is 0 Å². The van der Waals surface area contributed by atoms with Gasteiger partial charge in [-0.3, -0.25) is 0 Å². The summed E-state index contributed by atoms with van der Waals surface area (Å²) in [5.74, 6) is 1.75. The van der Waals surface area contributed by atoms with Crippen molar-refractivity contribution in [1.29, 1.82) is 0 Å². The lowest BCUT2D eigenvalue weighted by molar-refractivity contribution is 0.230. The first-order chi connectivity index (χ1) is 10.8. The fourth-order valence-corrected chi connectivity index (χ4v) is 3.77. The Kier molecular flexibility index (Phi) is 5.74. The third-order valence-electron chi connectivity index (χ3n) is 5.24. The van der Waals surface area contributed by atoms with E-state index in [9.17, 15) is 0 Å². The van der Waals surface area contributed by atoms with Crippen LogP contribution in [-0.4, -0.2) is 43.7 Å². The van der Waals surface area contributed by atoms with Gasteiger partial charge >= 0.3 is 0 Å². The molecule has 22 heavy (non-hydrogen) atoms. The van der Waals surface area contributed by atoms with Gasteiger partial charge in [0, 0.05) is 12.6 Å². The first kappa shape index (κ1) is 15.8. The Labute approximate surface area is 135 Å². The van der Waals surface area contributed by atoms with Gasteiger partial charge in [-0.15, -0.1) is 0 Å². The van der Waals surface area contributed by atoms with Crippen molar-refractivity contribution in [3.8, 4) is 5.75 Å². The van der Waals surface area contributed by atoms with Gasteiger partial charge < -0.3 is 15.0 Å². The van der Waals surface area contributed by atoms with Crippen molar-refractivity contribution in [1.82, 2.24) is 10.2 Å². The summed E-state index contributed by atoms with van der Waals surface area (Å²) in [7, 11) is 0. The smallest absolute Gasteiger partial charge is 0.119 e. The molecule has 1 aromatic rings. The van der Waals surface area contributed by atoms with E-state index in [1.54, 1.807) is 0 Å². The molecule has 2 aliphatic heterocycles. The molecule has 2 fully saturated rings. The minimum absolute atomic E-state index is 0.729. The second-order valence-corrected chi connectivity index (χ2v) is 6.82. The van der Waals surface area contributed by atoms with Crippen LogP contribution in [0.15, 0.2) is 24.3 Å². The van der Waals surface area contributed by atoms with Gasteiger partial charge in [-0.1, -0.05) is 12.1 Å². The first-order valence-electron chi connectivity index (χ1n) is 9.00. The van der Waals surface area contributed by atoms with E-state index >= 15 is 0 Å². The predicted molar refractivity (Wildman–Crippen MR) is 91.7 cm³/mol. The highest BCUT2D eigenvalue weighted by atomic mass is 16.5. The minimum Gasteiger partial charge on any atom is -0.494 e. The van der Waals surface area contributed by atoms with E-state index in [2.05, 4.69) is 41.4 Å². The van der Waals surface area contributed by atoms with E-state index in [-0.39, 0.29) is 0 Å². The molecule has 1 aromatic carbocycles. The van der Waals surface area contributed by atoms with E-state index in [0.29, 0.717) is 0 Å². The number of rotatable bonds is 6. The minimum atomic E-state index is 0.729. The molecule has 0 unspecified atom stereocenters. The van der Waals surface area contributed by atoms with Crippen molar-refractivity contribution in [2.24, 2.45) is 0 Å². The average Bonchev–Trinajstić information content (AvgIpc) is 2.98. The number of hydrogen-bond donors (Lipinski definition) is 1. The van der Waals surface area contributed by atoms with Crippen molar-refractivity contribution < 1.29 is 4.74 Å². The standard InChI is InChI=1S/C19H30N2O/c1-16-4-2-13-21(16)14-3-15-22-19-7-5-17(6-8-19)18-9-11-20-12-10-18/h5-8,16,18,20H,2-4,9-15H2,1H3/t16-/m1/s1. The van der Waals surface area contributed by atoms with E-state index < -0.39 is 0 Å². The van der Waals surface area contributed by atoms with Gasteiger partial charge in [-0.25, -0.2) is 0 Å². The van der Waals surface area contributed by atoms with Crippen LogP contribution >= 0.6 is 0 Å². The molecule has 3 heteroatoms.